The zero-order valence-corrected chi connectivity index (χ0v) is 11.4. The van der Waals surface area contributed by atoms with Gasteiger partial charge in [0.2, 0.25) is 0 Å². The predicted octanol–water partition coefficient (Wildman–Crippen LogP) is 2.91. The van der Waals surface area contributed by atoms with Gasteiger partial charge in [-0.2, -0.15) is 0 Å². The van der Waals surface area contributed by atoms with E-state index in [0.29, 0.717) is 19.0 Å². The van der Waals surface area contributed by atoms with Crippen molar-refractivity contribution in [3.8, 4) is 0 Å². The number of aromatic nitrogens is 1. The van der Waals surface area contributed by atoms with Crippen molar-refractivity contribution in [3.05, 3.63) is 59.5 Å². The number of pyridine rings is 1. The van der Waals surface area contributed by atoms with Crippen LogP contribution in [-0.2, 0) is 0 Å². The highest BCUT2D eigenvalue weighted by Gasteiger charge is 2.28. The maximum absolute atomic E-state index is 14.2. The van der Waals surface area contributed by atoms with Crippen LogP contribution in [-0.4, -0.2) is 29.1 Å². The fourth-order valence-corrected chi connectivity index (χ4v) is 2.77. The molecule has 1 aromatic carbocycles. The van der Waals surface area contributed by atoms with E-state index in [9.17, 15) is 9.18 Å². The monoisotopic (exact) mass is 286 g/mol. The number of carboxylic acid groups (broad SMARTS) is 1. The van der Waals surface area contributed by atoms with Gasteiger partial charge in [-0.25, -0.2) is 14.2 Å². The molecule has 1 N–H and O–H groups in total. The molecule has 1 aromatic heterocycles. The largest absolute Gasteiger partial charge is 0.478 e. The summed E-state index contributed by atoms with van der Waals surface area (Å²) >= 11 is 0. The number of hydrogen-bond donors (Lipinski definition) is 1. The van der Waals surface area contributed by atoms with Crippen LogP contribution >= 0.6 is 0 Å². The quantitative estimate of drug-likeness (QED) is 0.942. The second-order valence-electron chi connectivity index (χ2n) is 5.14. The summed E-state index contributed by atoms with van der Waals surface area (Å²) in [6.45, 7) is 1.32. The highest BCUT2D eigenvalue weighted by molar-refractivity contribution is 5.88. The molecule has 4 nitrogen and oxygen atoms in total. The van der Waals surface area contributed by atoms with Crippen LogP contribution in [0.5, 0.6) is 0 Å². The van der Waals surface area contributed by atoms with Crippen LogP contribution in [0.2, 0.25) is 0 Å². The van der Waals surface area contributed by atoms with Crippen LogP contribution in [0.1, 0.15) is 28.3 Å². The van der Waals surface area contributed by atoms with Gasteiger partial charge in [-0.1, -0.05) is 30.3 Å². The third kappa shape index (κ3) is 2.59. The zero-order chi connectivity index (χ0) is 14.8. The summed E-state index contributed by atoms with van der Waals surface area (Å²) in [6, 6.07) is 11.3. The molecule has 21 heavy (non-hydrogen) atoms. The molecule has 0 amide bonds. The van der Waals surface area contributed by atoms with E-state index in [1.807, 2.05) is 23.1 Å². The molecule has 2 aromatic rings. The predicted molar refractivity (Wildman–Crippen MR) is 77.2 cm³/mol. The van der Waals surface area contributed by atoms with E-state index in [1.54, 1.807) is 0 Å². The van der Waals surface area contributed by atoms with Gasteiger partial charge in [-0.15, -0.1) is 0 Å². The average molecular weight is 286 g/mol. The van der Waals surface area contributed by atoms with Crippen LogP contribution in [0, 0.1) is 5.82 Å². The van der Waals surface area contributed by atoms with E-state index in [1.165, 1.54) is 17.8 Å². The first-order chi connectivity index (χ1) is 10.2. The first kappa shape index (κ1) is 13.5. The minimum Gasteiger partial charge on any atom is -0.478 e. The summed E-state index contributed by atoms with van der Waals surface area (Å²) in [5, 5.41) is 8.98. The number of nitrogens with zero attached hydrogens (tertiary/aromatic N) is 2. The first-order valence-corrected chi connectivity index (χ1v) is 6.84. The first-order valence-electron chi connectivity index (χ1n) is 6.84. The van der Waals surface area contributed by atoms with Gasteiger partial charge in [-0.05, 0) is 18.1 Å². The van der Waals surface area contributed by atoms with E-state index in [-0.39, 0.29) is 11.4 Å². The van der Waals surface area contributed by atoms with Crippen molar-refractivity contribution in [2.24, 2.45) is 0 Å². The van der Waals surface area contributed by atoms with Crippen molar-refractivity contribution in [2.75, 3.05) is 18.0 Å². The lowest BCUT2D eigenvalue weighted by Crippen LogP contribution is -2.22. The Kier molecular flexibility index (Phi) is 3.56. The fourth-order valence-electron chi connectivity index (χ4n) is 2.77. The average Bonchev–Trinajstić information content (AvgIpc) is 2.98. The minimum absolute atomic E-state index is 0.133. The van der Waals surface area contributed by atoms with E-state index in [4.69, 9.17) is 5.11 Å². The molecule has 5 heteroatoms. The van der Waals surface area contributed by atoms with Gasteiger partial charge in [-0.3, -0.25) is 0 Å². The summed E-state index contributed by atoms with van der Waals surface area (Å²) in [5.74, 6) is -1.57. The fraction of sp³-hybridized carbons (Fsp3) is 0.250. The van der Waals surface area contributed by atoms with Gasteiger partial charge < -0.3 is 10.0 Å². The number of rotatable bonds is 3. The summed E-state index contributed by atoms with van der Waals surface area (Å²) in [6.07, 6.45) is 2.25. The SMILES string of the molecule is O=C(O)c1ccnc(N2CCC(c3ccccc3)C2)c1F. The second kappa shape index (κ2) is 5.52. The molecule has 0 spiro atoms. The summed E-state index contributed by atoms with van der Waals surface area (Å²) in [7, 11) is 0. The molecule has 1 unspecified atom stereocenters. The topological polar surface area (TPSA) is 53.4 Å². The minimum atomic E-state index is -1.27. The number of carbonyl (C=O) groups is 1. The normalized spacial score (nSPS) is 18.0. The Labute approximate surface area is 121 Å². The Hall–Kier alpha value is -2.43. The van der Waals surface area contributed by atoms with Gasteiger partial charge in [0.1, 0.15) is 5.56 Å². The van der Waals surface area contributed by atoms with E-state index in [0.717, 1.165) is 6.42 Å². The van der Waals surface area contributed by atoms with Crippen molar-refractivity contribution in [3.63, 3.8) is 0 Å². The van der Waals surface area contributed by atoms with Gasteiger partial charge in [0, 0.05) is 25.2 Å². The van der Waals surface area contributed by atoms with Crippen LogP contribution in [0.3, 0.4) is 0 Å². The van der Waals surface area contributed by atoms with Crippen molar-refractivity contribution in [2.45, 2.75) is 12.3 Å². The molecule has 0 bridgehead atoms. The standard InChI is InChI=1S/C16H15FN2O2/c17-14-13(16(20)21)6-8-18-15(14)19-9-7-12(10-19)11-4-2-1-3-5-11/h1-6,8,12H,7,9-10H2,(H,20,21). The zero-order valence-electron chi connectivity index (χ0n) is 11.4. The van der Waals surface area contributed by atoms with Crippen LogP contribution in [0.4, 0.5) is 10.2 Å². The van der Waals surface area contributed by atoms with Gasteiger partial charge in [0.25, 0.3) is 0 Å². The van der Waals surface area contributed by atoms with Crippen LogP contribution < -0.4 is 4.90 Å². The molecule has 0 radical (unpaired) electrons. The number of halogens is 1. The van der Waals surface area contributed by atoms with Crippen molar-refractivity contribution < 1.29 is 14.3 Å². The molecule has 0 aliphatic carbocycles. The Balaban J connectivity index is 1.84. The maximum atomic E-state index is 14.2. The lowest BCUT2D eigenvalue weighted by molar-refractivity contribution is 0.0691. The smallest absolute Gasteiger partial charge is 0.338 e. The molecule has 1 saturated heterocycles. The lowest BCUT2D eigenvalue weighted by Gasteiger charge is -2.18. The van der Waals surface area contributed by atoms with Crippen LogP contribution in [0.15, 0.2) is 42.6 Å². The Morgan fingerprint density at radius 1 is 1.29 bits per heavy atom. The Morgan fingerprint density at radius 2 is 2.05 bits per heavy atom. The van der Waals surface area contributed by atoms with E-state index in [2.05, 4.69) is 17.1 Å². The Morgan fingerprint density at radius 3 is 2.76 bits per heavy atom. The summed E-state index contributed by atoms with van der Waals surface area (Å²) in [4.78, 5) is 16.8. The highest BCUT2D eigenvalue weighted by Crippen LogP contribution is 2.31. The summed E-state index contributed by atoms with van der Waals surface area (Å²) in [5.41, 5.74) is 0.887. The third-order valence-electron chi connectivity index (χ3n) is 3.86. The van der Waals surface area contributed by atoms with Crippen molar-refractivity contribution >= 4 is 11.8 Å². The molecule has 1 atom stereocenters. The number of anilines is 1. The molecule has 1 aliphatic rings. The van der Waals surface area contributed by atoms with Crippen LogP contribution in [0.25, 0.3) is 0 Å². The molecule has 108 valence electrons. The van der Waals surface area contributed by atoms with Crippen molar-refractivity contribution in [1.82, 2.24) is 4.98 Å². The summed E-state index contributed by atoms with van der Waals surface area (Å²) < 4.78 is 14.2. The number of benzene rings is 1. The second-order valence-corrected chi connectivity index (χ2v) is 5.14. The third-order valence-corrected chi connectivity index (χ3v) is 3.86. The van der Waals surface area contributed by atoms with Crippen molar-refractivity contribution in [1.29, 1.82) is 0 Å². The lowest BCUT2D eigenvalue weighted by atomic mass is 9.99. The molecule has 1 fully saturated rings. The van der Waals surface area contributed by atoms with Gasteiger partial charge in [0.15, 0.2) is 11.6 Å². The van der Waals surface area contributed by atoms with Gasteiger partial charge in [0.05, 0.1) is 0 Å². The molecule has 1 aliphatic heterocycles. The number of aromatic carboxylic acids is 1. The number of hydrogen-bond acceptors (Lipinski definition) is 3. The molecule has 2 heterocycles. The molecular weight excluding hydrogens is 271 g/mol. The maximum Gasteiger partial charge on any atom is 0.338 e. The molecular formula is C16H15FN2O2. The molecule has 3 rings (SSSR count). The molecule has 0 saturated carbocycles. The van der Waals surface area contributed by atoms with E-state index >= 15 is 0 Å². The highest BCUT2D eigenvalue weighted by atomic mass is 19.1. The van der Waals surface area contributed by atoms with Gasteiger partial charge >= 0.3 is 5.97 Å². The Bertz CT molecular complexity index is 661. The number of carboxylic acids is 1. The van der Waals surface area contributed by atoms with E-state index < -0.39 is 11.8 Å².